The van der Waals surface area contributed by atoms with Crippen LogP contribution in [0.15, 0.2) is 188 Å². The van der Waals surface area contributed by atoms with E-state index in [1.807, 2.05) is 0 Å². The van der Waals surface area contributed by atoms with Crippen molar-refractivity contribution in [2.75, 3.05) is 0 Å². The summed E-state index contributed by atoms with van der Waals surface area (Å²) in [5.41, 5.74) is 16.7. The van der Waals surface area contributed by atoms with Crippen LogP contribution >= 0.6 is 0 Å². The van der Waals surface area contributed by atoms with Crippen LogP contribution in [0.25, 0.3) is 110 Å². The molecule has 0 atom stereocenters. The Hall–Kier alpha value is -6.76. The van der Waals surface area contributed by atoms with Crippen molar-refractivity contribution in [3.8, 4) is 66.8 Å². The maximum atomic E-state index is 2.39. The van der Waals surface area contributed by atoms with E-state index >= 15 is 0 Å². The van der Waals surface area contributed by atoms with Gasteiger partial charge >= 0.3 is 0 Å². The van der Waals surface area contributed by atoms with Crippen molar-refractivity contribution in [2.45, 2.75) is 6.92 Å². The molecule has 0 amide bonds. The van der Waals surface area contributed by atoms with Gasteiger partial charge in [-0.1, -0.05) is 181 Å². The lowest BCUT2D eigenvalue weighted by Gasteiger charge is -2.20. The Bertz CT molecular complexity index is 2980. The number of fused-ring (bicyclic) bond motifs is 7. The van der Waals surface area contributed by atoms with E-state index in [9.17, 15) is 0 Å². The van der Waals surface area contributed by atoms with Crippen LogP contribution in [0.1, 0.15) is 5.56 Å². The molecule has 53 heavy (non-hydrogen) atoms. The van der Waals surface area contributed by atoms with E-state index in [0.717, 1.165) is 0 Å². The summed E-state index contributed by atoms with van der Waals surface area (Å²) in [4.78, 5) is 0. The van der Waals surface area contributed by atoms with Crippen molar-refractivity contribution in [1.29, 1.82) is 0 Å². The number of benzene rings is 10. The zero-order chi connectivity index (χ0) is 35.0. The molecule has 10 aromatic carbocycles. The van der Waals surface area contributed by atoms with Crippen LogP contribution in [0.4, 0.5) is 0 Å². The zero-order valence-electron chi connectivity index (χ0n) is 29.4. The van der Waals surface area contributed by atoms with Crippen LogP contribution < -0.4 is 0 Å². The van der Waals surface area contributed by atoms with Gasteiger partial charge in [-0.25, -0.2) is 0 Å². The van der Waals surface area contributed by atoms with E-state index in [0.29, 0.717) is 0 Å². The molecule has 1 aliphatic rings. The van der Waals surface area contributed by atoms with Crippen LogP contribution in [-0.2, 0) is 0 Å². The quantitative estimate of drug-likeness (QED) is 0.164. The second-order valence-electron chi connectivity index (χ2n) is 14.5. The van der Waals surface area contributed by atoms with Crippen molar-refractivity contribution in [3.05, 3.63) is 194 Å². The minimum atomic E-state index is 1.24. The summed E-state index contributed by atoms with van der Waals surface area (Å²) < 4.78 is 0. The van der Waals surface area contributed by atoms with Crippen LogP contribution in [0, 0.1) is 6.92 Å². The standard InChI is InChI=1S/C53H34/c1-33-19-21-34(22-20-33)37-25-27-41-38(31-37)23-24-39-32-40(26-28-42(39)41)43-29-30-48-51-44(43)17-10-18-47(51)52-49(35-11-4-2-5-12-35)45-15-8-9-16-46(45)50(53(48)52)36-13-6-3-7-14-36/h2-32H,1H3. The molecule has 0 N–H and O–H groups in total. The van der Waals surface area contributed by atoms with Gasteiger partial charge < -0.3 is 0 Å². The van der Waals surface area contributed by atoms with Gasteiger partial charge in [-0.3, -0.25) is 0 Å². The average Bonchev–Trinajstić information content (AvgIpc) is 3.55. The third-order valence-electron chi connectivity index (χ3n) is 11.5. The van der Waals surface area contributed by atoms with E-state index in [-0.39, 0.29) is 0 Å². The van der Waals surface area contributed by atoms with Gasteiger partial charge in [0.05, 0.1) is 0 Å². The van der Waals surface area contributed by atoms with Gasteiger partial charge in [0, 0.05) is 0 Å². The van der Waals surface area contributed by atoms with Crippen molar-refractivity contribution in [2.24, 2.45) is 0 Å². The smallest absolute Gasteiger partial charge is 0.000741 e. The Kier molecular flexibility index (Phi) is 6.57. The lowest BCUT2D eigenvalue weighted by Crippen LogP contribution is -1.93. The highest BCUT2D eigenvalue weighted by atomic mass is 14.3. The van der Waals surface area contributed by atoms with Crippen LogP contribution in [0.5, 0.6) is 0 Å². The maximum absolute atomic E-state index is 2.39. The third kappa shape index (κ3) is 4.56. The van der Waals surface area contributed by atoms with E-state index in [2.05, 4.69) is 195 Å². The first kappa shape index (κ1) is 29.9. The molecule has 0 fully saturated rings. The highest BCUT2D eigenvalue weighted by Crippen LogP contribution is 2.58. The Morgan fingerprint density at radius 2 is 0.755 bits per heavy atom. The molecule has 0 aliphatic heterocycles. The van der Waals surface area contributed by atoms with Crippen LogP contribution in [-0.4, -0.2) is 0 Å². The van der Waals surface area contributed by atoms with E-state index < -0.39 is 0 Å². The number of aryl methyl sites for hydroxylation is 1. The molecule has 1 aliphatic carbocycles. The zero-order valence-corrected chi connectivity index (χ0v) is 29.4. The summed E-state index contributed by atoms with van der Waals surface area (Å²) in [6, 6.07) is 69.9. The largest absolute Gasteiger partial charge is 0.0622 e. The van der Waals surface area contributed by atoms with Crippen LogP contribution in [0.3, 0.4) is 0 Å². The van der Waals surface area contributed by atoms with E-state index in [4.69, 9.17) is 0 Å². The molecule has 0 radical (unpaired) electrons. The molecule has 0 spiro atoms. The van der Waals surface area contributed by atoms with E-state index in [1.54, 1.807) is 0 Å². The van der Waals surface area contributed by atoms with Gasteiger partial charge in [-0.2, -0.15) is 0 Å². The summed E-state index contributed by atoms with van der Waals surface area (Å²) in [7, 11) is 0. The summed E-state index contributed by atoms with van der Waals surface area (Å²) in [6.07, 6.45) is 0. The first-order valence-corrected chi connectivity index (χ1v) is 18.5. The molecule has 11 rings (SSSR count). The highest BCUT2D eigenvalue weighted by Gasteiger charge is 2.31. The maximum Gasteiger partial charge on any atom is -0.000741 e. The van der Waals surface area contributed by atoms with Gasteiger partial charge in [0.1, 0.15) is 0 Å². The molecule has 0 nitrogen and oxygen atoms in total. The SMILES string of the molecule is Cc1ccc(-c2ccc3c(ccc4cc(-c5ccc6c7c(cccc57)-c5c-6c(-c6ccccc6)c6ccccc6c5-c5ccccc5)ccc43)c2)cc1. The van der Waals surface area contributed by atoms with E-state index in [1.165, 1.54) is 115 Å². The number of rotatable bonds is 4. The fourth-order valence-electron chi connectivity index (χ4n) is 9.03. The minimum Gasteiger partial charge on any atom is -0.0622 e. The van der Waals surface area contributed by atoms with Gasteiger partial charge in [0.15, 0.2) is 0 Å². The van der Waals surface area contributed by atoms with Crippen molar-refractivity contribution < 1.29 is 0 Å². The van der Waals surface area contributed by atoms with Crippen molar-refractivity contribution in [1.82, 2.24) is 0 Å². The van der Waals surface area contributed by atoms with Gasteiger partial charge in [-0.05, 0) is 129 Å². The third-order valence-corrected chi connectivity index (χ3v) is 11.5. The molecule has 0 unspecified atom stereocenters. The Morgan fingerprint density at radius 3 is 1.38 bits per heavy atom. The molecule has 0 heteroatoms. The van der Waals surface area contributed by atoms with Crippen molar-refractivity contribution in [3.63, 3.8) is 0 Å². The van der Waals surface area contributed by atoms with Gasteiger partial charge in [-0.15, -0.1) is 0 Å². The normalized spacial score (nSPS) is 11.9. The summed E-state index contributed by atoms with van der Waals surface area (Å²) in [5, 5.41) is 10.3. The van der Waals surface area contributed by atoms with Crippen LogP contribution in [0.2, 0.25) is 0 Å². The monoisotopic (exact) mass is 670 g/mol. The fourth-order valence-corrected chi connectivity index (χ4v) is 9.03. The molecular weight excluding hydrogens is 637 g/mol. The highest BCUT2D eigenvalue weighted by molar-refractivity contribution is 6.29. The Labute approximate surface area is 309 Å². The second-order valence-corrected chi connectivity index (χ2v) is 14.5. The lowest BCUT2D eigenvalue weighted by atomic mass is 9.82. The fraction of sp³-hybridized carbons (Fsp3) is 0.0189. The molecular formula is C53H34. The summed E-state index contributed by atoms with van der Waals surface area (Å²) in [6.45, 7) is 2.14. The topological polar surface area (TPSA) is 0 Å². The first-order valence-electron chi connectivity index (χ1n) is 18.5. The Balaban J connectivity index is 1.13. The molecule has 0 saturated heterocycles. The van der Waals surface area contributed by atoms with Gasteiger partial charge in [0.2, 0.25) is 0 Å². The van der Waals surface area contributed by atoms with Crippen molar-refractivity contribution >= 4 is 43.1 Å². The number of hydrogen-bond donors (Lipinski definition) is 0. The summed E-state index contributed by atoms with van der Waals surface area (Å²) >= 11 is 0. The molecule has 0 heterocycles. The molecule has 0 saturated carbocycles. The predicted octanol–water partition coefficient (Wildman–Crippen LogP) is 14.9. The van der Waals surface area contributed by atoms with Gasteiger partial charge in [0.25, 0.3) is 0 Å². The number of hydrogen-bond acceptors (Lipinski definition) is 0. The second kappa shape index (κ2) is 11.6. The minimum absolute atomic E-state index is 1.24. The predicted molar refractivity (Wildman–Crippen MR) is 227 cm³/mol. The Morgan fingerprint density at radius 1 is 0.264 bits per heavy atom. The molecule has 10 aromatic rings. The molecule has 0 bridgehead atoms. The molecule has 0 aromatic heterocycles. The molecule has 246 valence electrons. The summed E-state index contributed by atoms with van der Waals surface area (Å²) in [5.74, 6) is 0. The lowest BCUT2D eigenvalue weighted by molar-refractivity contribution is 1.47. The first-order chi connectivity index (χ1) is 26.2. The average molecular weight is 671 g/mol.